The SMILES string of the molecule is NC(=S)c1cccn1Cc1ccc(Cl)cc1Cl. The molecule has 2 rings (SSSR count). The molecule has 2 N–H and O–H groups in total. The van der Waals surface area contributed by atoms with Crippen molar-refractivity contribution in [2.75, 3.05) is 0 Å². The van der Waals surface area contributed by atoms with Crippen molar-refractivity contribution in [3.05, 3.63) is 57.8 Å². The van der Waals surface area contributed by atoms with E-state index in [1.807, 2.05) is 35.0 Å². The highest BCUT2D eigenvalue weighted by molar-refractivity contribution is 7.80. The zero-order valence-electron chi connectivity index (χ0n) is 8.86. The lowest BCUT2D eigenvalue weighted by Gasteiger charge is -2.09. The van der Waals surface area contributed by atoms with E-state index in [1.165, 1.54) is 0 Å². The molecule has 2 aromatic rings. The molecule has 1 aromatic carbocycles. The summed E-state index contributed by atoms with van der Waals surface area (Å²) < 4.78 is 1.96. The van der Waals surface area contributed by atoms with E-state index in [-0.39, 0.29) is 0 Å². The fourth-order valence-corrected chi connectivity index (χ4v) is 2.26. The van der Waals surface area contributed by atoms with Gasteiger partial charge in [0.2, 0.25) is 0 Å². The highest BCUT2D eigenvalue weighted by atomic mass is 35.5. The quantitative estimate of drug-likeness (QED) is 0.875. The highest BCUT2D eigenvalue weighted by Gasteiger charge is 2.06. The normalized spacial score (nSPS) is 10.5. The second kappa shape index (κ2) is 5.08. The molecule has 0 unspecified atom stereocenters. The van der Waals surface area contributed by atoms with Crippen molar-refractivity contribution < 1.29 is 0 Å². The van der Waals surface area contributed by atoms with Gasteiger partial charge in [0.1, 0.15) is 4.99 Å². The van der Waals surface area contributed by atoms with Crippen molar-refractivity contribution in [3.8, 4) is 0 Å². The topological polar surface area (TPSA) is 30.9 Å². The Morgan fingerprint density at radius 1 is 1.29 bits per heavy atom. The van der Waals surface area contributed by atoms with E-state index in [1.54, 1.807) is 6.07 Å². The van der Waals surface area contributed by atoms with E-state index in [4.69, 9.17) is 41.2 Å². The second-order valence-corrected chi connectivity index (χ2v) is 4.90. The van der Waals surface area contributed by atoms with Gasteiger partial charge in [0, 0.05) is 22.8 Å². The van der Waals surface area contributed by atoms with E-state index in [0.717, 1.165) is 11.3 Å². The Kier molecular flexibility index (Phi) is 3.72. The lowest BCUT2D eigenvalue weighted by atomic mass is 10.2. The number of nitrogens with two attached hydrogens (primary N) is 1. The molecule has 0 radical (unpaired) electrons. The van der Waals surface area contributed by atoms with Gasteiger partial charge in [-0.3, -0.25) is 0 Å². The van der Waals surface area contributed by atoms with Crippen LogP contribution in [0.3, 0.4) is 0 Å². The minimum absolute atomic E-state index is 0.375. The van der Waals surface area contributed by atoms with Crippen LogP contribution in [0, 0.1) is 0 Å². The lowest BCUT2D eigenvalue weighted by molar-refractivity contribution is 0.799. The molecule has 0 fully saturated rings. The largest absolute Gasteiger partial charge is 0.388 e. The summed E-state index contributed by atoms with van der Waals surface area (Å²) >= 11 is 16.9. The molecule has 0 aliphatic rings. The first kappa shape index (κ1) is 12.4. The predicted molar refractivity (Wildman–Crippen MR) is 75.9 cm³/mol. The third-order valence-electron chi connectivity index (χ3n) is 2.44. The van der Waals surface area contributed by atoms with Crippen LogP contribution in [0.2, 0.25) is 10.0 Å². The van der Waals surface area contributed by atoms with Gasteiger partial charge in [0.15, 0.2) is 0 Å². The molecule has 1 heterocycles. The summed E-state index contributed by atoms with van der Waals surface area (Å²) in [5, 5.41) is 1.26. The molecule has 0 saturated carbocycles. The summed E-state index contributed by atoms with van der Waals surface area (Å²) in [6.07, 6.45) is 1.92. The first-order valence-electron chi connectivity index (χ1n) is 4.97. The molecule has 0 atom stereocenters. The van der Waals surface area contributed by atoms with Gasteiger partial charge >= 0.3 is 0 Å². The Labute approximate surface area is 115 Å². The smallest absolute Gasteiger partial charge is 0.120 e. The molecule has 1 aromatic heterocycles. The van der Waals surface area contributed by atoms with Gasteiger partial charge in [0.05, 0.1) is 5.69 Å². The Hall–Kier alpha value is -1.03. The van der Waals surface area contributed by atoms with Crippen LogP contribution in [0.1, 0.15) is 11.3 Å². The minimum Gasteiger partial charge on any atom is -0.388 e. The minimum atomic E-state index is 0.375. The molecule has 0 aliphatic heterocycles. The maximum absolute atomic E-state index is 6.12. The average molecular weight is 285 g/mol. The van der Waals surface area contributed by atoms with Gasteiger partial charge in [-0.05, 0) is 29.8 Å². The van der Waals surface area contributed by atoms with Crippen LogP contribution in [-0.2, 0) is 6.54 Å². The molecule has 0 amide bonds. The number of hydrogen-bond acceptors (Lipinski definition) is 1. The van der Waals surface area contributed by atoms with Crippen molar-refractivity contribution >= 4 is 40.4 Å². The van der Waals surface area contributed by atoms with Crippen molar-refractivity contribution in [2.24, 2.45) is 5.73 Å². The Bertz CT molecular complexity index is 563. The van der Waals surface area contributed by atoms with E-state index in [9.17, 15) is 0 Å². The van der Waals surface area contributed by atoms with Crippen LogP contribution in [-0.4, -0.2) is 9.56 Å². The third kappa shape index (κ3) is 2.80. The number of hydrogen-bond donors (Lipinski definition) is 1. The molecule has 0 aliphatic carbocycles. The third-order valence-corrected chi connectivity index (χ3v) is 3.23. The first-order chi connectivity index (χ1) is 8.08. The molecule has 0 spiro atoms. The Balaban J connectivity index is 2.31. The fourth-order valence-electron chi connectivity index (χ4n) is 1.61. The molecule has 88 valence electrons. The van der Waals surface area contributed by atoms with E-state index in [0.29, 0.717) is 21.6 Å². The highest BCUT2D eigenvalue weighted by Crippen LogP contribution is 2.22. The van der Waals surface area contributed by atoms with Gasteiger partial charge in [-0.1, -0.05) is 41.5 Å². The van der Waals surface area contributed by atoms with Crippen LogP contribution in [0.5, 0.6) is 0 Å². The maximum atomic E-state index is 6.12. The van der Waals surface area contributed by atoms with Crippen molar-refractivity contribution in [1.82, 2.24) is 4.57 Å². The first-order valence-corrected chi connectivity index (χ1v) is 6.13. The molecular weight excluding hydrogens is 275 g/mol. The monoisotopic (exact) mass is 284 g/mol. The number of aromatic nitrogens is 1. The lowest BCUT2D eigenvalue weighted by Crippen LogP contribution is -2.15. The molecule has 5 heteroatoms. The number of halogens is 2. The number of benzene rings is 1. The summed E-state index contributed by atoms with van der Waals surface area (Å²) in [5.41, 5.74) is 7.43. The van der Waals surface area contributed by atoms with Gasteiger partial charge in [0.25, 0.3) is 0 Å². The van der Waals surface area contributed by atoms with Crippen molar-refractivity contribution in [3.63, 3.8) is 0 Å². The van der Waals surface area contributed by atoms with Crippen LogP contribution in [0.4, 0.5) is 0 Å². The van der Waals surface area contributed by atoms with Crippen LogP contribution in [0.25, 0.3) is 0 Å². The van der Waals surface area contributed by atoms with Crippen molar-refractivity contribution in [1.29, 1.82) is 0 Å². The average Bonchev–Trinajstić information content (AvgIpc) is 2.70. The molecular formula is C12H10Cl2N2S. The molecule has 17 heavy (non-hydrogen) atoms. The van der Waals surface area contributed by atoms with Gasteiger partial charge in [-0.2, -0.15) is 0 Å². The molecule has 2 nitrogen and oxygen atoms in total. The van der Waals surface area contributed by atoms with Crippen molar-refractivity contribution in [2.45, 2.75) is 6.54 Å². The van der Waals surface area contributed by atoms with Gasteiger partial charge in [-0.15, -0.1) is 0 Å². The van der Waals surface area contributed by atoms with Gasteiger partial charge in [-0.25, -0.2) is 0 Å². The van der Waals surface area contributed by atoms with E-state index < -0.39 is 0 Å². The predicted octanol–water partition coefficient (Wildman–Crippen LogP) is 3.48. The summed E-state index contributed by atoms with van der Waals surface area (Å²) in [6, 6.07) is 9.22. The maximum Gasteiger partial charge on any atom is 0.120 e. The second-order valence-electron chi connectivity index (χ2n) is 3.62. The molecule has 0 bridgehead atoms. The van der Waals surface area contributed by atoms with Crippen LogP contribution >= 0.6 is 35.4 Å². The zero-order chi connectivity index (χ0) is 12.4. The summed E-state index contributed by atoms with van der Waals surface area (Å²) in [5.74, 6) is 0. The van der Waals surface area contributed by atoms with Gasteiger partial charge < -0.3 is 10.3 Å². The number of thiocarbonyl (C=S) groups is 1. The fraction of sp³-hybridized carbons (Fsp3) is 0.0833. The standard InChI is InChI=1S/C12H10Cl2N2S/c13-9-4-3-8(10(14)6-9)7-16-5-1-2-11(16)12(15)17/h1-6H,7H2,(H2,15,17). The Morgan fingerprint density at radius 2 is 2.06 bits per heavy atom. The summed E-state index contributed by atoms with van der Waals surface area (Å²) in [4.78, 5) is 0.375. The molecule has 0 saturated heterocycles. The number of rotatable bonds is 3. The van der Waals surface area contributed by atoms with E-state index in [2.05, 4.69) is 0 Å². The number of nitrogens with zero attached hydrogens (tertiary/aromatic N) is 1. The summed E-state index contributed by atoms with van der Waals surface area (Å²) in [6.45, 7) is 0.621. The van der Waals surface area contributed by atoms with Crippen LogP contribution < -0.4 is 5.73 Å². The zero-order valence-corrected chi connectivity index (χ0v) is 11.2. The van der Waals surface area contributed by atoms with Crippen LogP contribution in [0.15, 0.2) is 36.5 Å². The van der Waals surface area contributed by atoms with E-state index >= 15 is 0 Å². The Morgan fingerprint density at radius 3 is 2.71 bits per heavy atom. The summed E-state index contributed by atoms with van der Waals surface area (Å²) in [7, 11) is 0.